The van der Waals surface area contributed by atoms with Gasteiger partial charge in [-0.1, -0.05) is 17.9 Å². The molecule has 3 N–H and O–H groups in total. The van der Waals surface area contributed by atoms with Crippen molar-refractivity contribution in [1.82, 2.24) is 10.3 Å². The molecule has 88 valence electrons. The zero-order chi connectivity index (χ0) is 13.0. The average molecular weight is 239 g/mol. The lowest BCUT2D eigenvalue weighted by Crippen LogP contribution is -2.20. The molecule has 0 saturated carbocycles. The molecule has 0 aliphatic carbocycles. The highest BCUT2D eigenvalue weighted by molar-refractivity contribution is 5.87. The Bertz CT molecular complexity index is 698. The summed E-state index contributed by atoms with van der Waals surface area (Å²) in [5, 5.41) is 20.2. The molecular weight excluding hydrogens is 230 g/mol. The van der Waals surface area contributed by atoms with E-state index in [1.165, 1.54) is 0 Å². The van der Waals surface area contributed by atoms with Gasteiger partial charge in [0.1, 0.15) is 0 Å². The van der Waals surface area contributed by atoms with Gasteiger partial charge in [-0.3, -0.25) is 0 Å². The Labute approximate surface area is 103 Å². The highest BCUT2D eigenvalue weighted by Gasteiger charge is 2.01. The summed E-state index contributed by atoms with van der Waals surface area (Å²) in [6.45, 7) is 0.0816. The van der Waals surface area contributed by atoms with Crippen LogP contribution in [0.5, 0.6) is 0 Å². The van der Waals surface area contributed by atoms with Crippen molar-refractivity contribution in [3.8, 4) is 17.9 Å². The van der Waals surface area contributed by atoms with Crippen LogP contribution in [-0.4, -0.2) is 22.7 Å². The molecule has 1 heterocycles. The third-order valence-corrected chi connectivity index (χ3v) is 2.36. The Morgan fingerprint density at radius 2 is 2.33 bits per heavy atom. The molecule has 5 nitrogen and oxygen atoms in total. The van der Waals surface area contributed by atoms with Crippen molar-refractivity contribution in [2.24, 2.45) is 0 Å². The number of hydrogen-bond acceptors (Lipinski definition) is 2. The third-order valence-electron chi connectivity index (χ3n) is 2.36. The number of aromatic amines is 1. The summed E-state index contributed by atoms with van der Waals surface area (Å²) in [4.78, 5) is 13.3. The van der Waals surface area contributed by atoms with Crippen molar-refractivity contribution in [3.63, 3.8) is 0 Å². The second-order valence-corrected chi connectivity index (χ2v) is 3.53. The van der Waals surface area contributed by atoms with E-state index in [0.717, 1.165) is 16.5 Å². The van der Waals surface area contributed by atoms with E-state index in [2.05, 4.69) is 28.2 Å². The second kappa shape index (κ2) is 4.94. The molecule has 0 atom stereocenters. The second-order valence-electron chi connectivity index (χ2n) is 3.53. The summed E-state index contributed by atoms with van der Waals surface area (Å²) in [6, 6.07) is 7.35. The molecule has 5 heteroatoms. The van der Waals surface area contributed by atoms with Crippen molar-refractivity contribution >= 4 is 17.0 Å². The molecular formula is C13H9N3O2. The number of rotatable bonds is 1. The minimum absolute atomic E-state index is 0.0816. The number of aromatic nitrogens is 1. The molecule has 0 aliphatic heterocycles. The fourth-order valence-corrected chi connectivity index (χ4v) is 1.56. The lowest BCUT2D eigenvalue weighted by atomic mass is 10.1. The summed E-state index contributed by atoms with van der Waals surface area (Å²) >= 11 is 0. The first kappa shape index (κ1) is 11.6. The number of nitrogens with one attached hydrogen (secondary N) is 2. The van der Waals surface area contributed by atoms with Gasteiger partial charge in [0.25, 0.3) is 0 Å². The van der Waals surface area contributed by atoms with Gasteiger partial charge < -0.3 is 15.4 Å². The van der Waals surface area contributed by atoms with Gasteiger partial charge >= 0.3 is 6.09 Å². The van der Waals surface area contributed by atoms with E-state index in [1.807, 2.05) is 6.07 Å². The van der Waals surface area contributed by atoms with Crippen LogP contribution in [0.3, 0.4) is 0 Å². The first-order chi connectivity index (χ1) is 8.70. The van der Waals surface area contributed by atoms with E-state index in [1.54, 1.807) is 18.3 Å². The predicted molar refractivity (Wildman–Crippen MR) is 65.9 cm³/mol. The van der Waals surface area contributed by atoms with Crippen LogP contribution in [0.4, 0.5) is 4.79 Å². The molecule has 0 radical (unpaired) electrons. The van der Waals surface area contributed by atoms with Gasteiger partial charge in [0.2, 0.25) is 0 Å². The Kier molecular flexibility index (Phi) is 3.17. The summed E-state index contributed by atoms with van der Waals surface area (Å²) in [7, 11) is 0. The quantitative estimate of drug-likeness (QED) is 0.661. The van der Waals surface area contributed by atoms with Crippen LogP contribution in [0.25, 0.3) is 10.9 Å². The van der Waals surface area contributed by atoms with Gasteiger partial charge in [-0.05, 0) is 12.1 Å². The van der Waals surface area contributed by atoms with Gasteiger partial charge in [0.15, 0.2) is 0 Å². The molecule has 0 saturated heterocycles. The van der Waals surface area contributed by atoms with Gasteiger partial charge in [0, 0.05) is 22.7 Å². The van der Waals surface area contributed by atoms with Crippen LogP contribution < -0.4 is 5.32 Å². The monoisotopic (exact) mass is 239 g/mol. The predicted octanol–water partition coefficient (Wildman–Crippen LogP) is 1.66. The van der Waals surface area contributed by atoms with Crippen LogP contribution in [0.1, 0.15) is 11.1 Å². The Hall–Kier alpha value is -2.92. The van der Waals surface area contributed by atoms with Crippen LogP contribution in [-0.2, 0) is 0 Å². The average Bonchev–Trinajstić information content (AvgIpc) is 2.76. The van der Waals surface area contributed by atoms with E-state index in [-0.39, 0.29) is 6.54 Å². The minimum atomic E-state index is -1.10. The van der Waals surface area contributed by atoms with E-state index in [4.69, 9.17) is 10.4 Å². The molecule has 1 aromatic carbocycles. The number of fused-ring (bicyclic) bond motifs is 1. The fourth-order valence-electron chi connectivity index (χ4n) is 1.56. The number of carboxylic acid groups (broad SMARTS) is 1. The molecule has 1 aromatic heterocycles. The van der Waals surface area contributed by atoms with Crippen LogP contribution in [0, 0.1) is 23.2 Å². The van der Waals surface area contributed by atoms with E-state index < -0.39 is 6.09 Å². The molecule has 2 aromatic rings. The zero-order valence-electron chi connectivity index (χ0n) is 9.32. The SMILES string of the molecule is N#Cc1ccc2c(C#CCNC(=O)O)c[nH]c2c1. The zero-order valence-corrected chi connectivity index (χ0v) is 9.32. The van der Waals surface area contributed by atoms with Crippen molar-refractivity contribution < 1.29 is 9.90 Å². The Morgan fingerprint density at radius 3 is 3.06 bits per heavy atom. The number of carbonyl (C=O) groups is 1. The number of H-pyrrole nitrogens is 1. The Morgan fingerprint density at radius 1 is 1.50 bits per heavy atom. The number of amides is 1. The third kappa shape index (κ3) is 2.42. The van der Waals surface area contributed by atoms with Gasteiger partial charge in [-0.2, -0.15) is 5.26 Å². The highest BCUT2D eigenvalue weighted by Crippen LogP contribution is 2.18. The minimum Gasteiger partial charge on any atom is -0.465 e. The highest BCUT2D eigenvalue weighted by atomic mass is 16.4. The summed E-state index contributed by atoms with van der Waals surface area (Å²) < 4.78 is 0. The number of hydrogen-bond donors (Lipinski definition) is 3. The van der Waals surface area contributed by atoms with Crippen LogP contribution >= 0.6 is 0 Å². The lowest BCUT2D eigenvalue weighted by Gasteiger charge is -1.92. The van der Waals surface area contributed by atoms with Gasteiger partial charge in [-0.25, -0.2) is 4.79 Å². The van der Waals surface area contributed by atoms with Gasteiger partial charge in [0.05, 0.1) is 18.2 Å². The van der Waals surface area contributed by atoms with Crippen molar-refractivity contribution in [2.75, 3.05) is 6.54 Å². The molecule has 0 unspecified atom stereocenters. The number of nitrogens with zero attached hydrogens (tertiary/aromatic N) is 1. The maximum atomic E-state index is 10.2. The molecule has 0 aliphatic rings. The standard InChI is InChI=1S/C13H9N3O2/c14-7-9-3-4-11-10(8-16-12(11)6-9)2-1-5-15-13(17)18/h3-4,6,8,15-16H,5H2,(H,17,18). The summed E-state index contributed by atoms with van der Waals surface area (Å²) in [5.74, 6) is 5.58. The van der Waals surface area contributed by atoms with E-state index in [0.29, 0.717) is 5.56 Å². The normalized spacial score (nSPS) is 9.28. The maximum absolute atomic E-state index is 10.2. The van der Waals surface area contributed by atoms with Crippen molar-refractivity contribution in [2.45, 2.75) is 0 Å². The van der Waals surface area contributed by atoms with E-state index in [9.17, 15) is 4.79 Å². The molecule has 0 fully saturated rings. The topological polar surface area (TPSA) is 88.9 Å². The lowest BCUT2D eigenvalue weighted by molar-refractivity contribution is 0.196. The largest absolute Gasteiger partial charge is 0.465 e. The number of benzene rings is 1. The maximum Gasteiger partial charge on any atom is 0.405 e. The molecule has 0 bridgehead atoms. The molecule has 2 rings (SSSR count). The fraction of sp³-hybridized carbons (Fsp3) is 0.0769. The van der Waals surface area contributed by atoms with Crippen molar-refractivity contribution in [1.29, 1.82) is 5.26 Å². The smallest absolute Gasteiger partial charge is 0.405 e. The Balaban J connectivity index is 2.25. The van der Waals surface area contributed by atoms with E-state index >= 15 is 0 Å². The summed E-state index contributed by atoms with van der Waals surface area (Å²) in [5.41, 5.74) is 2.20. The van der Waals surface area contributed by atoms with Crippen LogP contribution in [0.15, 0.2) is 24.4 Å². The first-order valence-corrected chi connectivity index (χ1v) is 5.17. The van der Waals surface area contributed by atoms with Gasteiger partial charge in [-0.15, -0.1) is 0 Å². The first-order valence-electron chi connectivity index (χ1n) is 5.17. The van der Waals surface area contributed by atoms with Crippen LogP contribution in [0.2, 0.25) is 0 Å². The molecule has 0 spiro atoms. The molecule has 18 heavy (non-hydrogen) atoms. The number of nitriles is 1. The summed E-state index contributed by atoms with van der Waals surface area (Å²) in [6.07, 6.45) is 0.640. The molecule has 1 amide bonds. The van der Waals surface area contributed by atoms with Crippen molar-refractivity contribution in [3.05, 3.63) is 35.5 Å².